The number of nitrogens with zero attached hydrogens (tertiary/aromatic N) is 1. The Balaban J connectivity index is 2.07. The highest BCUT2D eigenvalue weighted by atomic mass is 79.9. The van der Waals surface area contributed by atoms with Crippen molar-refractivity contribution >= 4 is 43.6 Å². The Labute approximate surface area is 167 Å². The predicted octanol–water partition coefficient (Wildman–Crippen LogP) is 3.72. The molecular formula is C18H21BrN2O3S2. The molecule has 5 nitrogen and oxygen atoms in total. The molecule has 1 amide bonds. The Morgan fingerprint density at radius 3 is 2.58 bits per heavy atom. The number of benzene rings is 2. The number of thioether (sulfide) groups is 1. The lowest BCUT2D eigenvalue weighted by atomic mass is 10.1. The minimum absolute atomic E-state index is 0.0363. The van der Waals surface area contributed by atoms with Crippen LogP contribution in [0.25, 0.3) is 0 Å². The molecule has 2 aromatic rings. The first-order valence-corrected chi connectivity index (χ1v) is 11.2. The van der Waals surface area contributed by atoms with Crippen LogP contribution in [0.5, 0.6) is 0 Å². The van der Waals surface area contributed by atoms with Gasteiger partial charge in [-0.05, 0) is 55.3 Å². The van der Waals surface area contributed by atoms with E-state index >= 15 is 0 Å². The third-order valence-electron chi connectivity index (χ3n) is 4.13. The summed E-state index contributed by atoms with van der Waals surface area (Å²) in [6.07, 6.45) is 0. The van der Waals surface area contributed by atoms with Gasteiger partial charge in [0.15, 0.2) is 0 Å². The first-order chi connectivity index (χ1) is 12.1. The molecule has 0 aliphatic carbocycles. The third kappa shape index (κ3) is 5.33. The standard InChI is InChI=1S/C18H21BrN2O3S2/c1-12-9-15(19)7-8-17(12)25-11-18(22)21(3)13(2)14-5-4-6-16(10-14)26(20,23)24/h4-10,13H,11H2,1-3H3,(H2,20,23,24). The number of rotatable bonds is 6. The summed E-state index contributed by atoms with van der Waals surface area (Å²) >= 11 is 4.91. The summed E-state index contributed by atoms with van der Waals surface area (Å²) in [5, 5.41) is 5.18. The molecule has 0 heterocycles. The topological polar surface area (TPSA) is 80.5 Å². The van der Waals surface area contributed by atoms with Crippen LogP contribution in [0.4, 0.5) is 0 Å². The molecule has 0 saturated heterocycles. The quantitative estimate of drug-likeness (QED) is 0.671. The van der Waals surface area contributed by atoms with Crippen molar-refractivity contribution in [3.8, 4) is 0 Å². The number of hydrogen-bond donors (Lipinski definition) is 1. The summed E-state index contributed by atoms with van der Waals surface area (Å²) in [5.41, 5.74) is 1.82. The largest absolute Gasteiger partial charge is 0.338 e. The van der Waals surface area contributed by atoms with Gasteiger partial charge in [0, 0.05) is 16.4 Å². The van der Waals surface area contributed by atoms with Gasteiger partial charge in [0.25, 0.3) is 0 Å². The number of hydrogen-bond acceptors (Lipinski definition) is 4. The van der Waals surface area contributed by atoms with E-state index in [2.05, 4.69) is 15.9 Å². The minimum atomic E-state index is -3.77. The highest BCUT2D eigenvalue weighted by Crippen LogP contribution is 2.27. The van der Waals surface area contributed by atoms with E-state index in [1.807, 2.05) is 32.0 Å². The molecule has 0 aliphatic rings. The maximum absolute atomic E-state index is 12.5. The lowest BCUT2D eigenvalue weighted by Crippen LogP contribution is -2.31. The highest BCUT2D eigenvalue weighted by molar-refractivity contribution is 9.10. The van der Waals surface area contributed by atoms with Gasteiger partial charge in [-0.3, -0.25) is 4.79 Å². The smallest absolute Gasteiger partial charge is 0.238 e. The van der Waals surface area contributed by atoms with Crippen molar-refractivity contribution in [3.05, 3.63) is 58.1 Å². The summed E-state index contributed by atoms with van der Waals surface area (Å²) in [6, 6.07) is 12.0. The van der Waals surface area contributed by atoms with Crippen molar-refractivity contribution in [1.82, 2.24) is 4.90 Å². The average molecular weight is 457 g/mol. The van der Waals surface area contributed by atoms with Gasteiger partial charge in [-0.1, -0.05) is 28.1 Å². The fraction of sp³-hybridized carbons (Fsp3) is 0.278. The van der Waals surface area contributed by atoms with Crippen LogP contribution < -0.4 is 5.14 Å². The number of carbonyl (C=O) groups is 1. The number of nitrogens with two attached hydrogens (primary N) is 1. The van der Waals surface area contributed by atoms with E-state index in [1.54, 1.807) is 24.1 Å². The Morgan fingerprint density at radius 2 is 1.96 bits per heavy atom. The van der Waals surface area contributed by atoms with Crippen molar-refractivity contribution in [2.24, 2.45) is 5.14 Å². The normalized spacial score (nSPS) is 12.7. The van der Waals surface area contributed by atoms with E-state index in [0.29, 0.717) is 5.75 Å². The molecule has 1 unspecified atom stereocenters. The second kappa shape index (κ2) is 8.56. The fourth-order valence-corrected chi connectivity index (χ4v) is 4.38. The van der Waals surface area contributed by atoms with Crippen LogP contribution in [0, 0.1) is 6.92 Å². The van der Waals surface area contributed by atoms with Gasteiger partial charge in [-0.2, -0.15) is 0 Å². The minimum Gasteiger partial charge on any atom is -0.338 e. The molecule has 0 aliphatic heterocycles. The number of primary sulfonamides is 1. The van der Waals surface area contributed by atoms with Gasteiger partial charge in [0.2, 0.25) is 15.9 Å². The van der Waals surface area contributed by atoms with E-state index in [0.717, 1.165) is 20.5 Å². The lowest BCUT2D eigenvalue weighted by molar-refractivity contribution is -0.128. The second-order valence-electron chi connectivity index (χ2n) is 6.00. The number of amides is 1. The first kappa shape index (κ1) is 21.0. The van der Waals surface area contributed by atoms with Gasteiger partial charge >= 0.3 is 0 Å². The Kier molecular flexibility index (Phi) is 6.90. The molecule has 0 radical (unpaired) electrons. The molecule has 2 aromatic carbocycles. The molecule has 0 spiro atoms. The second-order valence-corrected chi connectivity index (χ2v) is 9.49. The highest BCUT2D eigenvalue weighted by Gasteiger charge is 2.19. The Bertz CT molecular complexity index is 916. The number of aryl methyl sites for hydroxylation is 1. The Hall–Kier alpha value is -1.35. The number of sulfonamides is 1. The maximum atomic E-state index is 12.5. The average Bonchev–Trinajstić information content (AvgIpc) is 2.58. The van der Waals surface area contributed by atoms with Crippen LogP contribution in [-0.4, -0.2) is 32.0 Å². The molecule has 140 valence electrons. The molecule has 2 rings (SSSR count). The van der Waals surface area contributed by atoms with E-state index < -0.39 is 10.0 Å². The van der Waals surface area contributed by atoms with Crippen LogP contribution in [0.2, 0.25) is 0 Å². The van der Waals surface area contributed by atoms with Crippen molar-refractivity contribution in [2.75, 3.05) is 12.8 Å². The van der Waals surface area contributed by atoms with E-state index in [4.69, 9.17) is 5.14 Å². The monoisotopic (exact) mass is 456 g/mol. The van der Waals surface area contributed by atoms with Crippen LogP contribution in [0.3, 0.4) is 0 Å². The van der Waals surface area contributed by atoms with Gasteiger partial charge in [-0.25, -0.2) is 13.6 Å². The molecule has 1 atom stereocenters. The van der Waals surface area contributed by atoms with Crippen LogP contribution in [0.1, 0.15) is 24.1 Å². The molecule has 0 bridgehead atoms. The first-order valence-electron chi connectivity index (χ1n) is 7.87. The van der Waals surface area contributed by atoms with Crippen molar-refractivity contribution in [3.63, 3.8) is 0 Å². The van der Waals surface area contributed by atoms with Gasteiger partial charge in [0.1, 0.15) is 0 Å². The number of halogens is 1. The summed E-state index contributed by atoms with van der Waals surface area (Å²) in [7, 11) is -2.06. The summed E-state index contributed by atoms with van der Waals surface area (Å²) in [6.45, 7) is 3.86. The molecule has 26 heavy (non-hydrogen) atoms. The molecule has 0 saturated carbocycles. The van der Waals surface area contributed by atoms with Crippen molar-refractivity contribution in [1.29, 1.82) is 0 Å². The van der Waals surface area contributed by atoms with Gasteiger partial charge in [0.05, 0.1) is 16.7 Å². The Morgan fingerprint density at radius 1 is 1.27 bits per heavy atom. The molecule has 8 heteroatoms. The van der Waals surface area contributed by atoms with Gasteiger partial charge < -0.3 is 4.90 Å². The summed E-state index contributed by atoms with van der Waals surface area (Å²) in [4.78, 5) is 15.3. The predicted molar refractivity (Wildman–Crippen MR) is 109 cm³/mol. The number of carbonyl (C=O) groups excluding carboxylic acids is 1. The molecule has 2 N–H and O–H groups in total. The van der Waals surface area contributed by atoms with E-state index in [9.17, 15) is 13.2 Å². The van der Waals surface area contributed by atoms with Crippen LogP contribution in [-0.2, 0) is 14.8 Å². The van der Waals surface area contributed by atoms with Crippen molar-refractivity contribution < 1.29 is 13.2 Å². The van der Waals surface area contributed by atoms with Crippen LogP contribution in [0.15, 0.2) is 56.7 Å². The third-order valence-corrected chi connectivity index (χ3v) is 6.70. The van der Waals surface area contributed by atoms with E-state index in [-0.39, 0.29) is 16.8 Å². The van der Waals surface area contributed by atoms with Gasteiger partial charge in [-0.15, -0.1) is 11.8 Å². The molecular weight excluding hydrogens is 436 g/mol. The zero-order chi connectivity index (χ0) is 19.5. The SMILES string of the molecule is Cc1cc(Br)ccc1SCC(=O)N(C)C(C)c1cccc(S(N)(=O)=O)c1. The zero-order valence-electron chi connectivity index (χ0n) is 14.8. The van der Waals surface area contributed by atoms with Crippen LogP contribution >= 0.6 is 27.7 Å². The molecule has 0 aromatic heterocycles. The lowest BCUT2D eigenvalue weighted by Gasteiger charge is -2.25. The van der Waals surface area contributed by atoms with E-state index in [1.165, 1.54) is 23.9 Å². The van der Waals surface area contributed by atoms with Crippen molar-refractivity contribution in [2.45, 2.75) is 29.7 Å². The summed E-state index contributed by atoms with van der Waals surface area (Å²) < 4.78 is 24.0. The zero-order valence-corrected chi connectivity index (χ0v) is 18.0. The maximum Gasteiger partial charge on any atom is 0.238 e. The summed E-state index contributed by atoms with van der Waals surface area (Å²) in [5.74, 6) is 0.267. The fourth-order valence-electron chi connectivity index (χ4n) is 2.41. The molecule has 0 fully saturated rings.